The van der Waals surface area contributed by atoms with E-state index in [-0.39, 0.29) is 19.1 Å². The van der Waals surface area contributed by atoms with Gasteiger partial charge in [-0.1, -0.05) is 0 Å². The highest BCUT2D eigenvalue weighted by Crippen LogP contribution is 2.15. The van der Waals surface area contributed by atoms with Gasteiger partial charge in [-0.3, -0.25) is 4.79 Å². The fraction of sp³-hybridized carbons (Fsp3) is 0.545. The summed E-state index contributed by atoms with van der Waals surface area (Å²) in [5, 5.41) is 2.50. The van der Waals surface area contributed by atoms with Crippen molar-refractivity contribution in [3.63, 3.8) is 0 Å². The number of carbonyl (C=O) groups is 1. The second-order valence-electron chi connectivity index (χ2n) is 3.75. The summed E-state index contributed by atoms with van der Waals surface area (Å²) in [6, 6.07) is 1.65. The average Bonchev–Trinajstić information content (AvgIpc) is 2.68. The summed E-state index contributed by atoms with van der Waals surface area (Å²) in [4.78, 5) is 11.8. The molecule has 1 amide bonds. The number of aromatic nitrogens is 1. The second kappa shape index (κ2) is 6.95. The smallest absolute Gasteiger partial charge is 0.370 e. The van der Waals surface area contributed by atoms with Crippen LogP contribution in [0.15, 0.2) is 16.7 Å². The molecule has 0 bridgehead atoms. The van der Waals surface area contributed by atoms with Gasteiger partial charge in [0.2, 0.25) is 0 Å². The minimum Gasteiger partial charge on any atom is -0.370 e. The van der Waals surface area contributed by atoms with Crippen LogP contribution in [0.5, 0.6) is 0 Å². The predicted octanol–water partition coefficient (Wildman–Crippen LogP) is 2.58. The molecule has 19 heavy (non-hydrogen) atoms. The van der Waals surface area contributed by atoms with Gasteiger partial charge < -0.3 is 14.6 Å². The number of halogens is 4. The first kappa shape index (κ1) is 16.0. The molecule has 0 aliphatic rings. The molecule has 1 N–H and O–H groups in total. The van der Waals surface area contributed by atoms with Gasteiger partial charge in [0.05, 0.1) is 6.61 Å². The molecule has 0 saturated heterocycles. The summed E-state index contributed by atoms with van der Waals surface area (Å²) in [7, 11) is 0. The normalized spacial score (nSPS) is 11.6. The molecule has 0 aliphatic carbocycles. The molecular weight excluding hydrogens is 329 g/mol. The third kappa shape index (κ3) is 5.65. The number of carbonyl (C=O) groups excluding carboxylic acids is 1. The molecule has 0 radical (unpaired) electrons. The Morgan fingerprint density at radius 3 is 2.79 bits per heavy atom. The number of hydrogen-bond acceptors (Lipinski definition) is 2. The van der Waals surface area contributed by atoms with E-state index >= 15 is 0 Å². The van der Waals surface area contributed by atoms with Crippen LogP contribution in [0.25, 0.3) is 0 Å². The van der Waals surface area contributed by atoms with Crippen molar-refractivity contribution in [2.24, 2.45) is 0 Å². The summed E-state index contributed by atoms with van der Waals surface area (Å²) >= 11 is 3.26. The van der Waals surface area contributed by atoms with Crippen molar-refractivity contribution in [3.05, 3.63) is 22.4 Å². The zero-order chi connectivity index (χ0) is 14.5. The van der Waals surface area contributed by atoms with Crippen molar-refractivity contribution in [2.45, 2.75) is 19.6 Å². The van der Waals surface area contributed by atoms with Crippen LogP contribution in [-0.2, 0) is 11.3 Å². The van der Waals surface area contributed by atoms with Gasteiger partial charge in [0.25, 0.3) is 5.91 Å². The highest BCUT2D eigenvalue weighted by Gasteiger charge is 2.27. The Kier molecular flexibility index (Phi) is 5.86. The quantitative estimate of drug-likeness (QED) is 0.807. The third-order valence-corrected chi connectivity index (χ3v) is 2.67. The first-order valence-corrected chi connectivity index (χ1v) is 6.41. The molecule has 4 nitrogen and oxygen atoms in total. The van der Waals surface area contributed by atoms with Crippen LogP contribution in [-0.4, -0.2) is 36.4 Å². The maximum absolute atomic E-state index is 11.8. The van der Waals surface area contributed by atoms with Gasteiger partial charge in [-0.25, -0.2) is 0 Å². The minimum atomic E-state index is -4.34. The van der Waals surface area contributed by atoms with Gasteiger partial charge in [0, 0.05) is 23.8 Å². The van der Waals surface area contributed by atoms with Crippen LogP contribution in [0.1, 0.15) is 17.4 Å². The van der Waals surface area contributed by atoms with Crippen LogP contribution >= 0.6 is 15.9 Å². The molecule has 0 aliphatic heterocycles. The summed E-state index contributed by atoms with van der Waals surface area (Å²) in [6.45, 7) is 1.05. The topological polar surface area (TPSA) is 43.3 Å². The monoisotopic (exact) mass is 342 g/mol. The molecule has 1 aromatic rings. The number of amides is 1. The van der Waals surface area contributed by atoms with Crippen molar-refractivity contribution in [1.82, 2.24) is 9.88 Å². The first-order valence-electron chi connectivity index (χ1n) is 5.62. The van der Waals surface area contributed by atoms with Crippen LogP contribution in [0.4, 0.5) is 13.2 Å². The van der Waals surface area contributed by atoms with E-state index in [9.17, 15) is 18.0 Å². The lowest BCUT2D eigenvalue weighted by Crippen LogP contribution is -2.30. The Bertz CT molecular complexity index is 432. The SMILES string of the molecule is CCn1cc(Br)cc1C(=O)NCCOCC(F)(F)F. The molecule has 0 fully saturated rings. The molecule has 1 rings (SSSR count). The van der Waals surface area contributed by atoms with Gasteiger partial charge >= 0.3 is 6.18 Å². The number of hydrogen-bond donors (Lipinski definition) is 1. The van der Waals surface area contributed by atoms with Gasteiger partial charge in [-0.05, 0) is 28.9 Å². The highest BCUT2D eigenvalue weighted by molar-refractivity contribution is 9.10. The standard InChI is InChI=1S/C11H14BrF3N2O2/c1-2-17-6-8(12)5-9(17)10(18)16-3-4-19-7-11(13,14)15/h5-6H,2-4,7H2,1H3,(H,16,18). The van der Waals surface area contributed by atoms with E-state index in [1.165, 1.54) is 0 Å². The van der Waals surface area contributed by atoms with E-state index in [2.05, 4.69) is 26.0 Å². The lowest BCUT2D eigenvalue weighted by Gasteiger charge is -2.09. The number of aryl methyl sites for hydroxylation is 1. The summed E-state index contributed by atoms with van der Waals surface area (Å²) < 4.78 is 42.3. The van der Waals surface area contributed by atoms with E-state index in [4.69, 9.17) is 0 Å². The number of rotatable bonds is 6. The third-order valence-electron chi connectivity index (χ3n) is 2.23. The number of nitrogens with one attached hydrogen (secondary N) is 1. The van der Waals surface area contributed by atoms with Crippen molar-refractivity contribution < 1.29 is 22.7 Å². The Morgan fingerprint density at radius 2 is 2.21 bits per heavy atom. The van der Waals surface area contributed by atoms with Crippen LogP contribution < -0.4 is 5.32 Å². The molecule has 0 unspecified atom stereocenters. The molecule has 1 heterocycles. The van der Waals surface area contributed by atoms with E-state index in [1.54, 1.807) is 16.8 Å². The van der Waals surface area contributed by atoms with Crippen LogP contribution in [0.2, 0.25) is 0 Å². The first-order chi connectivity index (χ1) is 8.83. The van der Waals surface area contributed by atoms with Crippen molar-refractivity contribution >= 4 is 21.8 Å². The lowest BCUT2D eigenvalue weighted by molar-refractivity contribution is -0.173. The van der Waals surface area contributed by atoms with E-state index in [0.29, 0.717) is 12.2 Å². The van der Waals surface area contributed by atoms with Crippen molar-refractivity contribution in [3.8, 4) is 0 Å². The maximum atomic E-state index is 11.8. The van der Waals surface area contributed by atoms with Gasteiger partial charge in [0.15, 0.2) is 0 Å². The molecule has 1 aromatic heterocycles. The van der Waals surface area contributed by atoms with Crippen LogP contribution in [0, 0.1) is 0 Å². The molecule has 0 atom stereocenters. The van der Waals surface area contributed by atoms with Crippen molar-refractivity contribution in [2.75, 3.05) is 19.8 Å². The Balaban J connectivity index is 2.35. The maximum Gasteiger partial charge on any atom is 0.411 e. The summed E-state index contributed by atoms with van der Waals surface area (Å²) in [6.07, 6.45) is -2.58. The molecule has 8 heteroatoms. The summed E-state index contributed by atoms with van der Waals surface area (Å²) in [5.41, 5.74) is 0.449. The lowest BCUT2D eigenvalue weighted by atomic mass is 10.4. The minimum absolute atomic E-state index is 0.0292. The summed E-state index contributed by atoms with van der Waals surface area (Å²) in [5.74, 6) is -0.344. The van der Waals surface area contributed by atoms with Gasteiger partial charge in [0.1, 0.15) is 12.3 Å². The molecular formula is C11H14BrF3N2O2. The molecule has 0 saturated carbocycles. The fourth-order valence-corrected chi connectivity index (χ4v) is 1.91. The fourth-order valence-electron chi connectivity index (χ4n) is 1.44. The predicted molar refractivity (Wildman–Crippen MR) is 67.0 cm³/mol. The number of ether oxygens (including phenoxy) is 1. The Hall–Kier alpha value is -1.02. The molecule has 108 valence electrons. The molecule has 0 spiro atoms. The zero-order valence-corrected chi connectivity index (χ0v) is 11.8. The zero-order valence-electron chi connectivity index (χ0n) is 10.3. The number of nitrogens with zero attached hydrogens (tertiary/aromatic N) is 1. The Morgan fingerprint density at radius 1 is 1.53 bits per heavy atom. The van der Waals surface area contributed by atoms with Gasteiger partial charge in [-0.2, -0.15) is 13.2 Å². The Labute approximate surface area is 117 Å². The van der Waals surface area contributed by atoms with Crippen LogP contribution in [0.3, 0.4) is 0 Å². The van der Waals surface area contributed by atoms with Crippen molar-refractivity contribution in [1.29, 1.82) is 0 Å². The average molecular weight is 343 g/mol. The highest BCUT2D eigenvalue weighted by atomic mass is 79.9. The van der Waals surface area contributed by atoms with E-state index in [0.717, 1.165) is 4.47 Å². The van der Waals surface area contributed by atoms with E-state index in [1.807, 2.05) is 6.92 Å². The molecule has 0 aromatic carbocycles. The second-order valence-corrected chi connectivity index (χ2v) is 4.67. The van der Waals surface area contributed by atoms with E-state index < -0.39 is 12.8 Å². The largest absolute Gasteiger partial charge is 0.411 e. The number of alkyl halides is 3. The van der Waals surface area contributed by atoms with Gasteiger partial charge in [-0.15, -0.1) is 0 Å².